The van der Waals surface area contributed by atoms with E-state index in [4.69, 9.17) is 5.73 Å². The molecule has 0 aliphatic heterocycles. The number of halogens is 1. The van der Waals surface area contributed by atoms with Crippen molar-refractivity contribution in [2.45, 2.75) is 31.7 Å². The topological polar surface area (TPSA) is 56.7 Å². The number of nitrogen functional groups attached to an aromatic ring is 1. The lowest BCUT2D eigenvalue weighted by Gasteiger charge is -2.14. The predicted molar refractivity (Wildman–Crippen MR) is 75.1 cm³/mol. The fraction of sp³-hybridized carbons (Fsp3) is 0.385. The molecule has 1 fully saturated rings. The fourth-order valence-electron chi connectivity index (χ4n) is 2.60. The Hall–Kier alpha value is -1.36. The minimum Gasteiger partial charge on any atom is -0.399 e. The number of benzene rings is 1. The highest BCUT2D eigenvalue weighted by atomic mass is 79.9. The molecule has 5 heteroatoms. The molecule has 2 aromatic rings. The van der Waals surface area contributed by atoms with E-state index < -0.39 is 0 Å². The van der Waals surface area contributed by atoms with Crippen molar-refractivity contribution in [2.24, 2.45) is 0 Å². The van der Waals surface area contributed by atoms with Crippen LogP contribution in [0.15, 0.2) is 29.0 Å². The molecular weight excluding hydrogens is 292 g/mol. The monoisotopic (exact) mass is 306 g/mol. The van der Waals surface area contributed by atoms with Gasteiger partial charge in [-0.15, -0.1) is 10.2 Å². The maximum atomic E-state index is 5.86. The normalized spacial score (nSPS) is 16.3. The maximum absolute atomic E-state index is 5.86. The Morgan fingerprint density at radius 2 is 2.06 bits per heavy atom. The Labute approximate surface area is 114 Å². The summed E-state index contributed by atoms with van der Waals surface area (Å²) in [4.78, 5) is 0. The van der Waals surface area contributed by atoms with Gasteiger partial charge in [-0.3, -0.25) is 0 Å². The first-order valence-electron chi connectivity index (χ1n) is 6.20. The maximum Gasteiger partial charge on any atom is 0.165 e. The average Bonchev–Trinajstić information content (AvgIpc) is 3.00. The van der Waals surface area contributed by atoms with Crippen molar-refractivity contribution in [1.82, 2.24) is 14.8 Å². The zero-order valence-electron chi connectivity index (χ0n) is 10.0. The average molecular weight is 307 g/mol. The van der Waals surface area contributed by atoms with Crippen LogP contribution in [-0.2, 0) is 0 Å². The summed E-state index contributed by atoms with van der Waals surface area (Å²) >= 11 is 3.56. The molecule has 1 aliphatic rings. The molecule has 0 atom stereocenters. The third kappa shape index (κ3) is 2.03. The van der Waals surface area contributed by atoms with E-state index in [1.54, 1.807) is 0 Å². The van der Waals surface area contributed by atoms with Gasteiger partial charge in [-0.2, -0.15) is 0 Å². The van der Waals surface area contributed by atoms with Crippen LogP contribution in [0.1, 0.15) is 31.7 Å². The molecule has 1 aliphatic carbocycles. The molecule has 1 aromatic carbocycles. The van der Waals surface area contributed by atoms with E-state index in [2.05, 4.69) is 30.7 Å². The zero-order chi connectivity index (χ0) is 12.5. The van der Waals surface area contributed by atoms with E-state index >= 15 is 0 Å². The van der Waals surface area contributed by atoms with Gasteiger partial charge >= 0.3 is 0 Å². The fourth-order valence-corrected chi connectivity index (χ4v) is 3.02. The zero-order valence-corrected chi connectivity index (χ0v) is 11.6. The first-order chi connectivity index (χ1) is 8.75. The Bertz CT molecular complexity index is 558. The van der Waals surface area contributed by atoms with Gasteiger partial charge in [0, 0.05) is 21.8 Å². The van der Waals surface area contributed by atoms with E-state index in [1.807, 2.05) is 24.5 Å². The summed E-state index contributed by atoms with van der Waals surface area (Å²) in [5.41, 5.74) is 7.62. The Kier molecular flexibility index (Phi) is 3.07. The second-order valence-electron chi connectivity index (χ2n) is 4.74. The highest BCUT2D eigenvalue weighted by molar-refractivity contribution is 9.10. The summed E-state index contributed by atoms with van der Waals surface area (Å²) in [6, 6.07) is 6.31. The summed E-state index contributed by atoms with van der Waals surface area (Å²) in [5, 5.41) is 8.33. The van der Waals surface area contributed by atoms with Crippen LogP contribution in [0.2, 0.25) is 0 Å². The molecule has 0 amide bonds. The third-order valence-electron chi connectivity index (χ3n) is 3.52. The van der Waals surface area contributed by atoms with Gasteiger partial charge in [0.25, 0.3) is 0 Å². The van der Waals surface area contributed by atoms with Crippen molar-refractivity contribution in [3.8, 4) is 11.4 Å². The summed E-state index contributed by atoms with van der Waals surface area (Å²) in [6.07, 6.45) is 6.84. The molecular formula is C13H15BrN4. The second kappa shape index (κ2) is 4.72. The standard InChI is InChI=1S/C13H15BrN4/c14-12-6-5-9(15)7-11(12)13-17-16-8-18(13)10-3-1-2-4-10/h5-8,10H,1-4,15H2. The quantitative estimate of drug-likeness (QED) is 0.865. The summed E-state index contributed by atoms with van der Waals surface area (Å²) in [5.74, 6) is 0.904. The minimum atomic E-state index is 0.531. The van der Waals surface area contributed by atoms with Crippen molar-refractivity contribution >= 4 is 21.6 Å². The number of anilines is 1. The summed E-state index contributed by atoms with van der Waals surface area (Å²) in [7, 11) is 0. The molecule has 1 aromatic heterocycles. The molecule has 2 N–H and O–H groups in total. The molecule has 0 radical (unpaired) electrons. The van der Waals surface area contributed by atoms with Crippen LogP contribution in [0.25, 0.3) is 11.4 Å². The van der Waals surface area contributed by atoms with Crippen molar-refractivity contribution in [2.75, 3.05) is 5.73 Å². The van der Waals surface area contributed by atoms with Gasteiger partial charge < -0.3 is 10.3 Å². The van der Waals surface area contributed by atoms with Crippen molar-refractivity contribution in [3.63, 3.8) is 0 Å². The van der Waals surface area contributed by atoms with E-state index in [9.17, 15) is 0 Å². The van der Waals surface area contributed by atoms with E-state index in [1.165, 1.54) is 25.7 Å². The van der Waals surface area contributed by atoms with Crippen LogP contribution < -0.4 is 5.73 Å². The van der Waals surface area contributed by atoms with Gasteiger partial charge in [-0.1, -0.05) is 28.8 Å². The van der Waals surface area contributed by atoms with E-state index in [-0.39, 0.29) is 0 Å². The van der Waals surface area contributed by atoms with Crippen molar-refractivity contribution < 1.29 is 0 Å². The van der Waals surface area contributed by atoms with Gasteiger partial charge in [0.05, 0.1) is 0 Å². The van der Waals surface area contributed by atoms with Crippen molar-refractivity contribution in [3.05, 3.63) is 29.0 Å². The summed E-state index contributed by atoms with van der Waals surface area (Å²) < 4.78 is 3.19. The Morgan fingerprint density at radius 3 is 2.83 bits per heavy atom. The van der Waals surface area contributed by atoms with Crippen LogP contribution in [-0.4, -0.2) is 14.8 Å². The van der Waals surface area contributed by atoms with Crippen molar-refractivity contribution in [1.29, 1.82) is 0 Å². The largest absolute Gasteiger partial charge is 0.399 e. The first-order valence-corrected chi connectivity index (χ1v) is 7.00. The highest BCUT2D eigenvalue weighted by Gasteiger charge is 2.21. The number of nitrogens with zero attached hydrogens (tertiary/aromatic N) is 3. The third-order valence-corrected chi connectivity index (χ3v) is 4.21. The molecule has 0 saturated heterocycles. The Balaban J connectivity index is 2.06. The number of rotatable bonds is 2. The lowest BCUT2D eigenvalue weighted by molar-refractivity contribution is 0.522. The molecule has 3 rings (SSSR count). The van der Waals surface area contributed by atoms with Crippen LogP contribution in [0, 0.1) is 0 Å². The smallest absolute Gasteiger partial charge is 0.165 e. The molecule has 4 nitrogen and oxygen atoms in total. The number of aromatic nitrogens is 3. The van der Waals surface area contributed by atoms with Gasteiger partial charge in [0.1, 0.15) is 6.33 Å². The number of hydrogen-bond acceptors (Lipinski definition) is 3. The van der Waals surface area contributed by atoms with Crippen LogP contribution in [0.4, 0.5) is 5.69 Å². The predicted octanol–water partition coefficient (Wildman–Crippen LogP) is 3.40. The van der Waals surface area contributed by atoms with Gasteiger partial charge in [-0.25, -0.2) is 0 Å². The lowest BCUT2D eigenvalue weighted by Crippen LogP contribution is -2.06. The van der Waals surface area contributed by atoms with Crippen LogP contribution in [0.5, 0.6) is 0 Å². The van der Waals surface area contributed by atoms with Gasteiger partial charge in [-0.05, 0) is 31.0 Å². The molecule has 0 spiro atoms. The van der Waals surface area contributed by atoms with Crippen LogP contribution >= 0.6 is 15.9 Å². The summed E-state index contributed by atoms with van der Waals surface area (Å²) in [6.45, 7) is 0. The highest BCUT2D eigenvalue weighted by Crippen LogP contribution is 2.35. The Morgan fingerprint density at radius 1 is 1.28 bits per heavy atom. The SMILES string of the molecule is Nc1ccc(Br)c(-c2nncn2C2CCCC2)c1. The molecule has 0 bridgehead atoms. The number of nitrogens with two attached hydrogens (primary N) is 1. The van der Waals surface area contributed by atoms with Gasteiger partial charge in [0.2, 0.25) is 0 Å². The van der Waals surface area contributed by atoms with E-state index in [0.29, 0.717) is 6.04 Å². The molecule has 1 saturated carbocycles. The lowest BCUT2D eigenvalue weighted by atomic mass is 10.1. The minimum absolute atomic E-state index is 0.531. The second-order valence-corrected chi connectivity index (χ2v) is 5.59. The molecule has 0 unspecified atom stereocenters. The molecule has 18 heavy (non-hydrogen) atoms. The van der Waals surface area contributed by atoms with Gasteiger partial charge in [0.15, 0.2) is 5.82 Å². The molecule has 1 heterocycles. The number of hydrogen-bond donors (Lipinski definition) is 1. The molecule has 94 valence electrons. The van der Waals surface area contributed by atoms with E-state index in [0.717, 1.165) is 21.5 Å². The first kappa shape index (κ1) is 11.7. The van der Waals surface area contributed by atoms with Crippen LogP contribution in [0.3, 0.4) is 0 Å².